The summed E-state index contributed by atoms with van der Waals surface area (Å²) in [6, 6.07) is 0. The average molecular weight is 582 g/mol. The van der Waals surface area contributed by atoms with Gasteiger partial charge in [-0.25, -0.2) is 13.2 Å². The summed E-state index contributed by atoms with van der Waals surface area (Å²) in [5.74, 6) is 3.45. The molecule has 0 saturated carbocycles. The molecule has 0 saturated heterocycles. The smallest absolute Gasteiger partial charge is 0.160 e. The van der Waals surface area contributed by atoms with Crippen molar-refractivity contribution in [1.29, 1.82) is 0 Å². The van der Waals surface area contributed by atoms with Gasteiger partial charge in [-0.3, -0.25) is 0 Å². The van der Waals surface area contributed by atoms with Crippen LogP contribution in [0.3, 0.4) is 0 Å². The van der Waals surface area contributed by atoms with Gasteiger partial charge in [0.25, 0.3) is 0 Å². The van der Waals surface area contributed by atoms with Gasteiger partial charge >= 0.3 is 0 Å². The molecule has 0 radical (unpaired) electrons. The Bertz CT molecular complexity index is 560. The van der Waals surface area contributed by atoms with Crippen LogP contribution in [0.25, 0.3) is 0 Å². The monoisotopic (exact) mass is 582 g/mol. The molecule has 1 aromatic rings. The third kappa shape index (κ3) is 3.25. The van der Waals surface area contributed by atoms with Crippen LogP contribution >= 0.6 is 67.8 Å². The van der Waals surface area contributed by atoms with E-state index in [2.05, 4.69) is 29.5 Å². The summed E-state index contributed by atoms with van der Waals surface area (Å²) in [4.78, 5) is 0. The minimum atomic E-state index is -1.10. The fourth-order valence-corrected chi connectivity index (χ4v) is 1.94. The molecular weight excluding hydrogens is 582 g/mol. The van der Waals surface area contributed by atoms with E-state index in [0.717, 1.165) is 0 Å². The van der Waals surface area contributed by atoms with Gasteiger partial charge in [-0.2, -0.15) is 0 Å². The van der Waals surface area contributed by atoms with Gasteiger partial charge in [0, 0.05) is 67.8 Å². The highest BCUT2D eigenvalue weighted by molar-refractivity contribution is 14.1. The van der Waals surface area contributed by atoms with Crippen molar-refractivity contribution in [1.82, 2.24) is 0 Å². The molecule has 1 rings (SSSR count). The summed E-state index contributed by atoms with van der Waals surface area (Å²) in [6.45, 7) is 0. The molecule has 0 bridgehead atoms. The molecule has 0 aliphatic carbocycles. The molecule has 90 valence electrons. The molecular formula is C12F3I3. The molecule has 0 unspecified atom stereocenters. The highest BCUT2D eigenvalue weighted by Gasteiger charge is 2.22. The highest BCUT2D eigenvalue weighted by atomic mass is 127. The van der Waals surface area contributed by atoms with Crippen LogP contribution < -0.4 is 0 Å². The van der Waals surface area contributed by atoms with Crippen LogP contribution in [0.5, 0.6) is 0 Å². The Labute approximate surface area is 143 Å². The van der Waals surface area contributed by atoms with Gasteiger partial charge in [-0.1, -0.05) is 0 Å². The van der Waals surface area contributed by atoms with E-state index in [9.17, 15) is 13.2 Å². The third-order valence-corrected chi connectivity index (χ3v) is 2.64. The Morgan fingerprint density at radius 1 is 0.556 bits per heavy atom. The Morgan fingerprint density at radius 2 is 0.778 bits per heavy atom. The Balaban J connectivity index is 3.87. The first-order valence-corrected chi connectivity index (χ1v) is 7.37. The number of rotatable bonds is 0. The van der Waals surface area contributed by atoms with Crippen LogP contribution in [0.2, 0.25) is 0 Å². The van der Waals surface area contributed by atoms with E-state index in [4.69, 9.17) is 0 Å². The zero-order valence-corrected chi connectivity index (χ0v) is 14.7. The maximum atomic E-state index is 13.8. The Morgan fingerprint density at radius 3 is 0.944 bits per heavy atom. The van der Waals surface area contributed by atoms with Gasteiger partial charge in [0.15, 0.2) is 17.5 Å². The molecule has 0 fully saturated rings. The molecule has 1 aromatic carbocycles. The molecule has 0 heterocycles. The average Bonchev–Trinajstić information content (AvgIpc) is 2.35. The van der Waals surface area contributed by atoms with Crippen LogP contribution in [0.1, 0.15) is 16.7 Å². The quantitative estimate of drug-likeness (QED) is 0.316. The number of hydrogen-bond acceptors (Lipinski definition) is 0. The van der Waals surface area contributed by atoms with Crippen molar-refractivity contribution in [3.8, 4) is 29.5 Å². The van der Waals surface area contributed by atoms with Crippen molar-refractivity contribution >= 4 is 67.8 Å². The van der Waals surface area contributed by atoms with Crippen molar-refractivity contribution in [2.75, 3.05) is 0 Å². The molecule has 0 aliphatic rings. The fraction of sp³-hybridized carbons (Fsp3) is 0. The van der Waals surface area contributed by atoms with E-state index < -0.39 is 34.1 Å². The molecule has 0 atom stereocenters. The number of hydrogen-bond donors (Lipinski definition) is 0. The fourth-order valence-electron chi connectivity index (χ4n) is 1.14. The zero-order chi connectivity index (χ0) is 13.7. The molecule has 0 aliphatic heterocycles. The van der Waals surface area contributed by atoms with E-state index in [-0.39, 0.29) is 0 Å². The van der Waals surface area contributed by atoms with Crippen molar-refractivity contribution in [2.45, 2.75) is 0 Å². The molecule has 0 amide bonds. The van der Waals surface area contributed by atoms with Crippen LogP contribution in [-0.4, -0.2) is 0 Å². The normalized spacial score (nSPS) is 8.33. The second-order valence-electron chi connectivity index (χ2n) is 2.73. The molecule has 18 heavy (non-hydrogen) atoms. The van der Waals surface area contributed by atoms with Crippen molar-refractivity contribution in [3.05, 3.63) is 34.1 Å². The summed E-state index contributed by atoms with van der Waals surface area (Å²) < 4.78 is 48.6. The van der Waals surface area contributed by atoms with E-state index in [1.165, 1.54) is 0 Å². The van der Waals surface area contributed by atoms with Crippen LogP contribution in [0.15, 0.2) is 0 Å². The van der Waals surface area contributed by atoms with E-state index in [0.29, 0.717) is 0 Å². The minimum absolute atomic E-state index is 0.519. The largest absolute Gasteiger partial charge is 0.204 e. The maximum Gasteiger partial charge on any atom is 0.160 e. The number of benzene rings is 1. The summed E-state index contributed by atoms with van der Waals surface area (Å²) in [5, 5.41) is 0. The lowest BCUT2D eigenvalue weighted by atomic mass is 10.0. The van der Waals surface area contributed by atoms with E-state index >= 15 is 0 Å². The first kappa shape index (κ1) is 15.9. The lowest BCUT2D eigenvalue weighted by molar-refractivity contribution is 0.531. The Kier molecular flexibility index (Phi) is 6.61. The van der Waals surface area contributed by atoms with E-state index in [1.807, 2.05) is 0 Å². The Hall–Kier alpha value is -0.120. The molecule has 0 spiro atoms. The standard InChI is InChI=1S/C12F3I3/c13-10-7(1-4-16)11(14)9(3-6-18)12(15)8(10)2-5-17. The maximum absolute atomic E-state index is 13.8. The molecule has 0 nitrogen and oxygen atoms in total. The second kappa shape index (κ2) is 7.46. The van der Waals surface area contributed by atoms with Crippen LogP contribution in [0, 0.1) is 47.0 Å². The zero-order valence-electron chi connectivity index (χ0n) is 8.27. The van der Waals surface area contributed by atoms with Crippen molar-refractivity contribution in [3.63, 3.8) is 0 Å². The molecule has 6 heteroatoms. The second-order valence-corrected chi connectivity index (χ2v) is 4.34. The lowest BCUT2D eigenvalue weighted by Crippen LogP contribution is -2.04. The van der Waals surface area contributed by atoms with Crippen molar-refractivity contribution in [2.24, 2.45) is 0 Å². The highest BCUT2D eigenvalue weighted by Crippen LogP contribution is 2.24. The lowest BCUT2D eigenvalue weighted by Gasteiger charge is -2.05. The predicted molar refractivity (Wildman–Crippen MR) is 89.0 cm³/mol. The van der Waals surface area contributed by atoms with Crippen LogP contribution in [0.4, 0.5) is 13.2 Å². The van der Waals surface area contributed by atoms with Gasteiger partial charge in [-0.05, 0) is 29.5 Å². The third-order valence-electron chi connectivity index (χ3n) is 1.83. The predicted octanol–water partition coefficient (Wildman–Crippen LogP) is 4.34. The van der Waals surface area contributed by atoms with Crippen LogP contribution in [-0.2, 0) is 0 Å². The minimum Gasteiger partial charge on any atom is -0.204 e. The van der Waals surface area contributed by atoms with Gasteiger partial charge in [0.2, 0.25) is 0 Å². The summed E-state index contributed by atoms with van der Waals surface area (Å²) in [6.07, 6.45) is 0. The van der Waals surface area contributed by atoms with Gasteiger partial charge in [-0.15, -0.1) is 0 Å². The first-order chi connectivity index (χ1) is 8.58. The number of halogens is 6. The molecule has 0 aromatic heterocycles. The topological polar surface area (TPSA) is 0 Å². The van der Waals surface area contributed by atoms with Gasteiger partial charge in [0.1, 0.15) is 0 Å². The van der Waals surface area contributed by atoms with E-state index in [1.54, 1.807) is 67.8 Å². The van der Waals surface area contributed by atoms with Gasteiger partial charge in [0.05, 0.1) is 16.7 Å². The molecule has 0 N–H and O–H groups in total. The summed E-state index contributed by atoms with van der Waals surface area (Å²) in [7, 11) is 0. The SMILES string of the molecule is Fc1c(C#CI)c(F)c(C#CI)c(F)c1C#CI. The first-order valence-electron chi connectivity index (χ1n) is 4.13. The summed E-state index contributed by atoms with van der Waals surface area (Å²) >= 11 is 4.91. The van der Waals surface area contributed by atoms with Crippen molar-refractivity contribution < 1.29 is 13.2 Å². The van der Waals surface area contributed by atoms with Gasteiger partial charge < -0.3 is 0 Å². The summed E-state index contributed by atoms with van der Waals surface area (Å²) in [5.41, 5.74) is -1.56.